The molecule has 0 aliphatic heterocycles. The van der Waals surface area contributed by atoms with Crippen LogP contribution in [0.4, 0.5) is 0 Å². The first kappa shape index (κ1) is 25.7. The fourth-order valence-electron chi connectivity index (χ4n) is 3.61. The Labute approximate surface area is 193 Å². The summed E-state index contributed by atoms with van der Waals surface area (Å²) in [6.07, 6.45) is 6.20. The molecule has 0 radical (unpaired) electrons. The van der Waals surface area contributed by atoms with Crippen molar-refractivity contribution in [2.45, 2.75) is 58.0 Å². The zero-order valence-corrected chi connectivity index (χ0v) is 20.1. The highest BCUT2D eigenvalue weighted by molar-refractivity contribution is 5.69. The van der Waals surface area contributed by atoms with Crippen LogP contribution in [0.5, 0.6) is 11.5 Å². The highest BCUT2D eigenvalue weighted by Crippen LogP contribution is 2.22. The Hall–Kier alpha value is -2.53. The van der Waals surface area contributed by atoms with Crippen molar-refractivity contribution in [3.05, 3.63) is 59.7 Å². The first-order chi connectivity index (χ1) is 15.5. The summed E-state index contributed by atoms with van der Waals surface area (Å²) in [6, 6.07) is 16.2. The monoisotopic (exact) mass is 441 g/mol. The molecule has 32 heavy (non-hydrogen) atoms. The van der Waals surface area contributed by atoms with Crippen molar-refractivity contribution in [1.29, 1.82) is 0 Å². The van der Waals surface area contributed by atoms with Gasteiger partial charge in [-0.2, -0.15) is 0 Å². The second-order valence-electron chi connectivity index (χ2n) is 8.46. The van der Waals surface area contributed by atoms with Crippen LogP contribution < -0.4 is 9.47 Å². The predicted molar refractivity (Wildman–Crippen MR) is 130 cm³/mol. The average molecular weight is 442 g/mol. The van der Waals surface area contributed by atoms with Gasteiger partial charge in [-0.05, 0) is 62.7 Å². The second kappa shape index (κ2) is 14.5. The van der Waals surface area contributed by atoms with E-state index >= 15 is 0 Å². The van der Waals surface area contributed by atoms with Crippen LogP contribution in [0, 0.1) is 0 Å². The lowest BCUT2D eigenvalue weighted by molar-refractivity contribution is -0.151. The van der Waals surface area contributed by atoms with Crippen LogP contribution in [0.25, 0.3) is 0 Å². The molecule has 2 aromatic rings. The molecule has 1 unspecified atom stereocenters. The molecule has 0 amide bonds. The predicted octanol–water partition coefficient (Wildman–Crippen LogP) is 5.30. The van der Waals surface area contributed by atoms with Gasteiger partial charge in [0, 0.05) is 13.0 Å². The minimum absolute atomic E-state index is 0.136. The molecule has 0 heterocycles. The topological polar surface area (TPSA) is 48.0 Å². The van der Waals surface area contributed by atoms with Crippen LogP contribution in [0.1, 0.15) is 50.2 Å². The minimum Gasteiger partial charge on any atom is -0.497 e. The van der Waals surface area contributed by atoms with Gasteiger partial charge in [-0.25, -0.2) is 0 Å². The van der Waals surface area contributed by atoms with Crippen molar-refractivity contribution in [2.24, 2.45) is 0 Å². The second-order valence-corrected chi connectivity index (χ2v) is 8.46. The maximum absolute atomic E-state index is 12.3. The number of carbonyl (C=O) groups is 1. The van der Waals surface area contributed by atoms with Crippen LogP contribution in [-0.4, -0.2) is 51.3 Å². The van der Waals surface area contributed by atoms with E-state index in [9.17, 15) is 4.79 Å². The van der Waals surface area contributed by atoms with Gasteiger partial charge in [0.25, 0.3) is 0 Å². The third kappa shape index (κ3) is 9.73. The standard InChI is InChI=1S/C27H39NO4/c1-5-6-7-8-16-27(29)32-25(20-28(2)3)21-31-26-15-10-9-13-23(26)18-17-22-12-11-14-24(19-22)30-4/h9-15,19,25H,5-8,16-18,20-21H2,1-4H3. The number of carbonyl (C=O) groups excluding carboxylic acids is 1. The molecule has 0 aliphatic carbocycles. The molecule has 1 atom stereocenters. The molecule has 0 bridgehead atoms. The average Bonchev–Trinajstić information content (AvgIpc) is 2.79. The van der Waals surface area contributed by atoms with Crippen LogP contribution in [0.2, 0.25) is 0 Å². The van der Waals surface area contributed by atoms with Crippen LogP contribution in [-0.2, 0) is 22.4 Å². The van der Waals surface area contributed by atoms with Gasteiger partial charge in [-0.3, -0.25) is 4.79 Å². The van der Waals surface area contributed by atoms with Crippen molar-refractivity contribution in [1.82, 2.24) is 4.90 Å². The van der Waals surface area contributed by atoms with Crippen molar-refractivity contribution < 1.29 is 19.0 Å². The zero-order valence-electron chi connectivity index (χ0n) is 20.1. The number of esters is 1. The first-order valence-corrected chi connectivity index (χ1v) is 11.7. The van der Waals surface area contributed by atoms with Gasteiger partial charge >= 0.3 is 5.97 Å². The normalized spacial score (nSPS) is 11.9. The Morgan fingerprint density at radius 2 is 1.81 bits per heavy atom. The van der Waals surface area contributed by atoms with Crippen molar-refractivity contribution in [3.8, 4) is 11.5 Å². The maximum Gasteiger partial charge on any atom is 0.306 e. The number of hydrogen-bond donors (Lipinski definition) is 0. The summed E-state index contributed by atoms with van der Waals surface area (Å²) in [7, 11) is 5.64. The number of likely N-dealkylation sites (N-methyl/N-ethyl adjacent to an activating group) is 1. The van der Waals surface area contributed by atoms with E-state index in [4.69, 9.17) is 14.2 Å². The SMILES string of the molecule is CCCCCCC(=O)OC(COc1ccccc1CCc1cccc(OC)c1)CN(C)C. The maximum atomic E-state index is 12.3. The van der Waals surface area contributed by atoms with Crippen molar-refractivity contribution in [3.63, 3.8) is 0 Å². The lowest BCUT2D eigenvalue weighted by Crippen LogP contribution is -2.35. The summed E-state index contributed by atoms with van der Waals surface area (Å²) in [5, 5.41) is 0. The lowest BCUT2D eigenvalue weighted by Gasteiger charge is -2.22. The summed E-state index contributed by atoms with van der Waals surface area (Å²) in [4.78, 5) is 14.3. The summed E-state index contributed by atoms with van der Waals surface area (Å²) < 4.78 is 17.2. The van der Waals surface area contributed by atoms with Crippen molar-refractivity contribution in [2.75, 3.05) is 34.4 Å². The third-order valence-electron chi connectivity index (χ3n) is 5.32. The van der Waals surface area contributed by atoms with E-state index in [1.807, 2.05) is 49.3 Å². The van der Waals surface area contributed by atoms with E-state index < -0.39 is 0 Å². The van der Waals surface area contributed by atoms with Gasteiger partial charge in [0.05, 0.1) is 7.11 Å². The number of hydrogen-bond acceptors (Lipinski definition) is 5. The minimum atomic E-state index is -0.296. The molecule has 176 valence electrons. The largest absolute Gasteiger partial charge is 0.497 e. The number of unbranched alkanes of at least 4 members (excludes halogenated alkanes) is 3. The van der Waals surface area contributed by atoms with Crippen LogP contribution in [0.15, 0.2) is 48.5 Å². The molecule has 2 rings (SSSR count). The molecule has 5 nitrogen and oxygen atoms in total. The molecule has 0 spiro atoms. The van der Waals surface area contributed by atoms with E-state index in [-0.39, 0.29) is 12.1 Å². The van der Waals surface area contributed by atoms with E-state index in [0.717, 1.165) is 55.6 Å². The Bertz CT molecular complexity index is 806. The van der Waals surface area contributed by atoms with Gasteiger partial charge in [0.15, 0.2) is 0 Å². The van der Waals surface area contributed by atoms with Gasteiger partial charge in [0.1, 0.15) is 24.2 Å². The molecule has 2 aromatic carbocycles. The number of benzene rings is 2. The van der Waals surface area contributed by atoms with E-state index in [1.54, 1.807) is 7.11 Å². The number of rotatable bonds is 15. The number of methoxy groups -OCH3 is 1. The van der Waals surface area contributed by atoms with Crippen molar-refractivity contribution >= 4 is 5.97 Å². The van der Waals surface area contributed by atoms with E-state index in [1.165, 1.54) is 5.56 Å². The van der Waals surface area contributed by atoms with E-state index in [0.29, 0.717) is 19.6 Å². The highest BCUT2D eigenvalue weighted by atomic mass is 16.6. The number of ether oxygens (including phenoxy) is 3. The van der Waals surface area contributed by atoms with Crippen LogP contribution in [0.3, 0.4) is 0 Å². The van der Waals surface area contributed by atoms with Crippen LogP contribution >= 0.6 is 0 Å². The summed E-state index contributed by atoms with van der Waals surface area (Å²) in [5.74, 6) is 1.58. The summed E-state index contributed by atoms with van der Waals surface area (Å²) in [5.41, 5.74) is 2.37. The molecule has 0 aliphatic rings. The number of aryl methyl sites for hydroxylation is 2. The Morgan fingerprint density at radius 1 is 1.00 bits per heavy atom. The number of nitrogens with zero attached hydrogens (tertiary/aromatic N) is 1. The highest BCUT2D eigenvalue weighted by Gasteiger charge is 2.17. The number of para-hydroxylation sites is 1. The van der Waals surface area contributed by atoms with Gasteiger partial charge in [-0.15, -0.1) is 0 Å². The zero-order chi connectivity index (χ0) is 23.2. The molecule has 0 aromatic heterocycles. The molecule has 5 heteroatoms. The Balaban J connectivity index is 1.93. The van der Waals surface area contributed by atoms with Gasteiger partial charge in [0.2, 0.25) is 0 Å². The Morgan fingerprint density at radius 3 is 2.56 bits per heavy atom. The molecule has 0 saturated carbocycles. The van der Waals surface area contributed by atoms with Gasteiger partial charge < -0.3 is 19.1 Å². The lowest BCUT2D eigenvalue weighted by atomic mass is 10.0. The molecular formula is C27H39NO4. The summed E-state index contributed by atoms with van der Waals surface area (Å²) >= 11 is 0. The van der Waals surface area contributed by atoms with Gasteiger partial charge in [-0.1, -0.05) is 56.5 Å². The molecular weight excluding hydrogens is 402 g/mol. The first-order valence-electron chi connectivity index (χ1n) is 11.7. The van der Waals surface area contributed by atoms with E-state index in [2.05, 4.69) is 25.1 Å². The quantitative estimate of drug-likeness (QED) is 0.277. The molecule has 0 N–H and O–H groups in total. The summed E-state index contributed by atoms with van der Waals surface area (Å²) in [6.45, 7) is 3.14. The smallest absolute Gasteiger partial charge is 0.306 e. The molecule has 0 fully saturated rings. The Kier molecular flexibility index (Phi) is 11.7. The molecule has 0 saturated heterocycles. The fraction of sp³-hybridized carbons (Fsp3) is 0.519. The third-order valence-corrected chi connectivity index (χ3v) is 5.32. The fourth-order valence-corrected chi connectivity index (χ4v) is 3.61.